The summed E-state index contributed by atoms with van der Waals surface area (Å²) in [7, 11) is 0. The highest BCUT2D eigenvalue weighted by Crippen LogP contribution is 2.18. The molecule has 1 aromatic carbocycles. The molecule has 98 valence electrons. The molecule has 6 heteroatoms. The minimum Gasteiger partial charge on any atom is -0.478 e. The quantitative estimate of drug-likeness (QED) is 0.828. The number of aromatic carboxylic acids is 1. The van der Waals surface area contributed by atoms with Crippen LogP contribution in [0.25, 0.3) is 0 Å². The van der Waals surface area contributed by atoms with Gasteiger partial charge in [0, 0.05) is 0 Å². The Hall–Kier alpha value is -1.98. The average molecular weight is 258 g/mol. The third-order valence-electron chi connectivity index (χ3n) is 1.91. The van der Waals surface area contributed by atoms with Gasteiger partial charge in [-0.15, -0.1) is 0 Å². The second-order valence-electron chi connectivity index (χ2n) is 4.62. The Morgan fingerprint density at radius 2 is 1.56 bits per heavy atom. The van der Waals surface area contributed by atoms with Crippen molar-refractivity contribution in [3.63, 3.8) is 0 Å². The van der Waals surface area contributed by atoms with Crippen LogP contribution in [0, 0.1) is 11.6 Å². The number of hydrogen-bond donors (Lipinski definition) is 1. The number of carbonyl (C=O) groups excluding carboxylic acids is 1. The summed E-state index contributed by atoms with van der Waals surface area (Å²) in [6.07, 6.45) is 0. The van der Waals surface area contributed by atoms with Crippen molar-refractivity contribution in [1.29, 1.82) is 0 Å². The molecule has 0 atom stereocenters. The fraction of sp³-hybridized carbons (Fsp3) is 0.333. The summed E-state index contributed by atoms with van der Waals surface area (Å²) in [6.45, 7) is 4.72. The van der Waals surface area contributed by atoms with E-state index in [9.17, 15) is 18.4 Å². The number of hydrogen-bond acceptors (Lipinski definition) is 3. The monoisotopic (exact) mass is 258 g/mol. The van der Waals surface area contributed by atoms with E-state index < -0.39 is 40.3 Å². The first-order valence-corrected chi connectivity index (χ1v) is 5.07. The zero-order valence-electron chi connectivity index (χ0n) is 10.1. The summed E-state index contributed by atoms with van der Waals surface area (Å²) in [5.41, 5.74) is -2.32. The highest BCUT2D eigenvalue weighted by Gasteiger charge is 2.23. The van der Waals surface area contributed by atoms with Gasteiger partial charge >= 0.3 is 11.9 Å². The molecule has 0 aromatic heterocycles. The second kappa shape index (κ2) is 4.72. The molecule has 0 saturated carbocycles. The Bertz CT molecular complexity index is 504. The van der Waals surface area contributed by atoms with Crippen molar-refractivity contribution in [2.45, 2.75) is 26.4 Å². The van der Waals surface area contributed by atoms with Gasteiger partial charge in [-0.1, -0.05) is 0 Å². The number of halogens is 2. The molecule has 0 spiro atoms. The molecular weight excluding hydrogens is 246 g/mol. The van der Waals surface area contributed by atoms with Gasteiger partial charge in [0.2, 0.25) is 0 Å². The zero-order chi connectivity index (χ0) is 14.1. The topological polar surface area (TPSA) is 63.6 Å². The van der Waals surface area contributed by atoms with Crippen molar-refractivity contribution >= 4 is 11.9 Å². The lowest BCUT2D eigenvalue weighted by Gasteiger charge is -2.19. The minimum absolute atomic E-state index is 0.455. The predicted molar refractivity (Wildman–Crippen MR) is 58.5 cm³/mol. The predicted octanol–water partition coefficient (Wildman–Crippen LogP) is 2.62. The number of benzene rings is 1. The fourth-order valence-corrected chi connectivity index (χ4v) is 1.20. The molecule has 0 unspecified atom stereocenters. The van der Waals surface area contributed by atoms with Crippen LogP contribution in [0.3, 0.4) is 0 Å². The van der Waals surface area contributed by atoms with Crippen LogP contribution in [0.1, 0.15) is 41.5 Å². The van der Waals surface area contributed by atoms with Crippen molar-refractivity contribution in [1.82, 2.24) is 0 Å². The van der Waals surface area contributed by atoms with E-state index in [-0.39, 0.29) is 0 Å². The van der Waals surface area contributed by atoms with Gasteiger partial charge in [0.05, 0.1) is 11.1 Å². The van der Waals surface area contributed by atoms with Gasteiger partial charge in [0.25, 0.3) is 0 Å². The SMILES string of the molecule is CC(C)(C)OC(=O)c1cc(F)c(C(=O)O)cc1F. The van der Waals surface area contributed by atoms with E-state index in [2.05, 4.69) is 0 Å². The third-order valence-corrected chi connectivity index (χ3v) is 1.91. The molecule has 0 amide bonds. The summed E-state index contributed by atoms with van der Waals surface area (Å²) in [5.74, 6) is -4.98. The van der Waals surface area contributed by atoms with E-state index in [4.69, 9.17) is 9.84 Å². The van der Waals surface area contributed by atoms with Crippen molar-refractivity contribution in [2.24, 2.45) is 0 Å². The Balaban J connectivity index is 3.16. The standard InChI is InChI=1S/C12H12F2O4/c1-12(2,3)18-11(17)7-5-8(13)6(10(15)16)4-9(7)14/h4-5H,1-3H3,(H,15,16). The summed E-state index contributed by atoms with van der Waals surface area (Å²) in [5, 5.41) is 8.58. The van der Waals surface area contributed by atoms with Crippen molar-refractivity contribution in [2.75, 3.05) is 0 Å². The second-order valence-corrected chi connectivity index (χ2v) is 4.62. The lowest BCUT2D eigenvalue weighted by molar-refractivity contribution is 0.00635. The Morgan fingerprint density at radius 1 is 1.11 bits per heavy atom. The number of carbonyl (C=O) groups is 2. The van der Waals surface area contributed by atoms with Gasteiger partial charge in [-0.2, -0.15) is 0 Å². The zero-order valence-corrected chi connectivity index (χ0v) is 10.1. The minimum atomic E-state index is -1.61. The van der Waals surface area contributed by atoms with E-state index in [1.165, 1.54) is 0 Å². The third kappa shape index (κ3) is 3.26. The lowest BCUT2D eigenvalue weighted by Crippen LogP contribution is -2.24. The highest BCUT2D eigenvalue weighted by molar-refractivity contribution is 5.93. The number of esters is 1. The molecule has 18 heavy (non-hydrogen) atoms. The van der Waals surface area contributed by atoms with E-state index in [1.807, 2.05) is 0 Å². The summed E-state index contributed by atoms with van der Waals surface area (Å²) < 4.78 is 31.7. The largest absolute Gasteiger partial charge is 0.478 e. The Kier molecular flexibility index (Phi) is 3.69. The van der Waals surface area contributed by atoms with Gasteiger partial charge in [-0.25, -0.2) is 18.4 Å². The summed E-state index contributed by atoms with van der Waals surface area (Å²) in [6, 6.07) is 0.976. The average Bonchev–Trinajstić information content (AvgIpc) is 2.17. The summed E-state index contributed by atoms with van der Waals surface area (Å²) in [4.78, 5) is 22.1. The van der Waals surface area contributed by atoms with Crippen LogP contribution >= 0.6 is 0 Å². The molecule has 1 aromatic rings. The van der Waals surface area contributed by atoms with E-state index >= 15 is 0 Å². The molecule has 4 nitrogen and oxygen atoms in total. The smallest absolute Gasteiger partial charge is 0.341 e. The fourth-order valence-electron chi connectivity index (χ4n) is 1.20. The van der Waals surface area contributed by atoms with Crippen LogP contribution in [-0.4, -0.2) is 22.6 Å². The van der Waals surface area contributed by atoms with Gasteiger partial charge in [-0.3, -0.25) is 0 Å². The molecule has 0 saturated heterocycles. The van der Waals surface area contributed by atoms with Gasteiger partial charge in [-0.05, 0) is 32.9 Å². The van der Waals surface area contributed by atoms with Crippen LogP contribution in [0.5, 0.6) is 0 Å². The van der Waals surface area contributed by atoms with Crippen LogP contribution in [0.2, 0.25) is 0 Å². The van der Waals surface area contributed by atoms with Crippen molar-refractivity contribution in [3.8, 4) is 0 Å². The van der Waals surface area contributed by atoms with Crippen LogP contribution in [0.15, 0.2) is 12.1 Å². The Morgan fingerprint density at radius 3 is 2.00 bits per heavy atom. The number of carboxylic acid groups (broad SMARTS) is 1. The van der Waals surface area contributed by atoms with Gasteiger partial charge in [0.15, 0.2) is 0 Å². The molecule has 0 bridgehead atoms. The maximum atomic E-state index is 13.5. The lowest BCUT2D eigenvalue weighted by atomic mass is 10.1. The Labute approximate surface area is 102 Å². The molecule has 0 radical (unpaired) electrons. The molecule has 1 N–H and O–H groups in total. The van der Waals surface area contributed by atoms with Crippen molar-refractivity contribution in [3.05, 3.63) is 34.9 Å². The van der Waals surface area contributed by atoms with Gasteiger partial charge in [0.1, 0.15) is 17.2 Å². The van der Waals surface area contributed by atoms with Crippen LogP contribution in [-0.2, 0) is 4.74 Å². The van der Waals surface area contributed by atoms with Crippen LogP contribution in [0.4, 0.5) is 8.78 Å². The maximum Gasteiger partial charge on any atom is 0.341 e. The van der Waals surface area contributed by atoms with Crippen LogP contribution < -0.4 is 0 Å². The molecule has 0 heterocycles. The molecule has 1 rings (SSSR count). The molecular formula is C12H12F2O4. The van der Waals surface area contributed by atoms with Gasteiger partial charge < -0.3 is 9.84 Å². The molecule has 0 aliphatic carbocycles. The van der Waals surface area contributed by atoms with E-state index in [0.717, 1.165) is 0 Å². The number of carboxylic acids is 1. The first kappa shape index (κ1) is 14.1. The first-order chi connectivity index (χ1) is 8.11. The van der Waals surface area contributed by atoms with Crippen molar-refractivity contribution < 1.29 is 28.2 Å². The molecule has 0 aliphatic rings. The van der Waals surface area contributed by atoms with E-state index in [1.54, 1.807) is 20.8 Å². The highest BCUT2D eigenvalue weighted by atomic mass is 19.1. The maximum absolute atomic E-state index is 13.5. The molecule has 0 fully saturated rings. The number of rotatable bonds is 2. The molecule has 0 aliphatic heterocycles. The normalized spacial score (nSPS) is 11.2. The number of ether oxygens (including phenoxy) is 1. The summed E-state index contributed by atoms with van der Waals surface area (Å²) >= 11 is 0. The van der Waals surface area contributed by atoms with E-state index in [0.29, 0.717) is 12.1 Å². The first-order valence-electron chi connectivity index (χ1n) is 5.07.